The zero-order valence-electron chi connectivity index (χ0n) is 8.89. The SMILES string of the molecule is NC(C(=O)Nc1cccc(Cl)c1)c1cccs1. The van der Waals surface area contributed by atoms with Gasteiger partial charge in [-0.15, -0.1) is 11.3 Å². The first-order valence-electron chi connectivity index (χ1n) is 5.02. The fourth-order valence-corrected chi connectivity index (χ4v) is 2.30. The average molecular weight is 267 g/mol. The summed E-state index contributed by atoms with van der Waals surface area (Å²) in [4.78, 5) is 12.7. The van der Waals surface area contributed by atoms with Crippen LogP contribution in [0.1, 0.15) is 10.9 Å². The van der Waals surface area contributed by atoms with Crippen LogP contribution in [0.2, 0.25) is 5.02 Å². The molecule has 88 valence electrons. The van der Waals surface area contributed by atoms with E-state index in [1.165, 1.54) is 11.3 Å². The lowest BCUT2D eigenvalue weighted by Gasteiger charge is -2.10. The molecule has 1 heterocycles. The first kappa shape index (κ1) is 12.1. The number of rotatable bonds is 3. The van der Waals surface area contributed by atoms with E-state index >= 15 is 0 Å². The van der Waals surface area contributed by atoms with E-state index in [1.807, 2.05) is 17.5 Å². The minimum Gasteiger partial charge on any atom is -0.324 e. The van der Waals surface area contributed by atoms with Crippen LogP contribution >= 0.6 is 22.9 Å². The van der Waals surface area contributed by atoms with Crippen molar-refractivity contribution in [3.63, 3.8) is 0 Å². The van der Waals surface area contributed by atoms with E-state index in [9.17, 15) is 4.79 Å². The van der Waals surface area contributed by atoms with Crippen molar-refractivity contribution in [3.05, 3.63) is 51.7 Å². The maximum Gasteiger partial charge on any atom is 0.246 e. The Morgan fingerprint density at radius 1 is 1.35 bits per heavy atom. The van der Waals surface area contributed by atoms with Crippen LogP contribution in [-0.2, 0) is 4.79 Å². The van der Waals surface area contributed by atoms with Crippen LogP contribution in [0.3, 0.4) is 0 Å². The molecule has 0 saturated heterocycles. The fraction of sp³-hybridized carbons (Fsp3) is 0.0833. The number of benzene rings is 1. The van der Waals surface area contributed by atoms with Gasteiger partial charge in [-0.3, -0.25) is 4.79 Å². The van der Waals surface area contributed by atoms with Gasteiger partial charge in [0.05, 0.1) is 0 Å². The van der Waals surface area contributed by atoms with Crippen LogP contribution in [0.5, 0.6) is 0 Å². The van der Waals surface area contributed by atoms with Crippen LogP contribution < -0.4 is 11.1 Å². The first-order valence-corrected chi connectivity index (χ1v) is 6.28. The Balaban J connectivity index is 2.07. The van der Waals surface area contributed by atoms with Crippen LogP contribution in [0.4, 0.5) is 5.69 Å². The molecular weight excluding hydrogens is 256 g/mol. The highest BCUT2D eigenvalue weighted by atomic mass is 35.5. The number of carbonyl (C=O) groups excluding carboxylic acids is 1. The highest BCUT2D eigenvalue weighted by Gasteiger charge is 2.16. The minimum absolute atomic E-state index is 0.241. The molecule has 0 aliphatic rings. The van der Waals surface area contributed by atoms with E-state index in [1.54, 1.807) is 24.3 Å². The standard InChI is InChI=1S/C12H11ClN2OS/c13-8-3-1-4-9(7-8)15-12(16)11(14)10-5-2-6-17-10/h1-7,11H,14H2,(H,15,16). The Morgan fingerprint density at radius 3 is 2.82 bits per heavy atom. The highest BCUT2D eigenvalue weighted by molar-refractivity contribution is 7.10. The molecular formula is C12H11ClN2OS. The van der Waals surface area contributed by atoms with Gasteiger partial charge in [0.1, 0.15) is 6.04 Å². The lowest BCUT2D eigenvalue weighted by molar-refractivity contribution is -0.117. The van der Waals surface area contributed by atoms with Gasteiger partial charge in [0.15, 0.2) is 0 Å². The summed E-state index contributed by atoms with van der Waals surface area (Å²) >= 11 is 7.29. The highest BCUT2D eigenvalue weighted by Crippen LogP contribution is 2.20. The fourth-order valence-electron chi connectivity index (χ4n) is 1.38. The quantitative estimate of drug-likeness (QED) is 0.897. The third-order valence-electron chi connectivity index (χ3n) is 2.22. The lowest BCUT2D eigenvalue weighted by atomic mass is 10.2. The van der Waals surface area contributed by atoms with Gasteiger partial charge < -0.3 is 11.1 Å². The van der Waals surface area contributed by atoms with Crippen molar-refractivity contribution in [1.82, 2.24) is 0 Å². The third kappa shape index (κ3) is 3.06. The molecule has 0 aliphatic carbocycles. The normalized spacial score (nSPS) is 12.1. The maximum absolute atomic E-state index is 11.8. The lowest BCUT2D eigenvalue weighted by Crippen LogP contribution is -2.26. The zero-order valence-corrected chi connectivity index (χ0v) is 10.5. The van der Waals surface area contributed by atoms with Gasteiger partial charge in [-0.1, -0.05) is 23.7 Å². The topological polar surface area (TPSA) is 55.1 Å². The van der Waals surface area contributed by atoms with Gasteiger partial charge in [0, 0.05) is 15.6 Å². The second-order valence-corrected chi connectivity index (χ2v) is 4.91. The van der Waals surface area contributed by atoms with Gasteiger partial charge in [0.25, 0.3) is 0 Å². The van der Waals surface area contributed by atoms with E-state index in [2.05, 4.69) is 5.32 Å². The third-order valence-corrected chi connectivity index (χ3v) is 3.41. The molecule has 3 nitrogen and oxygen atoms in total. The Hall–Kier alpha value is -1.36. The molecule has 0 radical (unpaired) electrons. The molecule has 1 atom stereocenters. The number of carbonyl (C=O) groups is 1. The molecule has 1 aromatic heterocycles. The molecule has 1 unspecified atom stereocenters. The van der Waals surface area contributed by atoms with Gasteiger partial charge in [0.2, 0.25) is 5.91 Å². The van der Waals surface area contributed by atoms with E-state index in [-0.39, 0.29) is 5.91 Å². The number of anilines is 1. The number of thiophene rings is 1. The Morgan fingerprint density at radius 2 is 2.18 bits per heavy atom. The summed E-state index contributed by atoms with van der Waals surface area (Å²) in [6.45, 7) is 0. The number of amides is 1. The summed E-state index contributed by atoms with van der Waals surface area (Å²) in [5.41, 5.74) is 6.48. The summed E-state index contributed by atoms with van der Waals surface area (Å²) in [7, 11) is 0. The number of nitrogens with two attached hydrogens (primary N) is 1. The summed E-state index contributed by atoms with van der Waals surface area (Å²) in [5.74, 6) is -0.241. The smallest absolute Gasteiger partial charge is 0.246 e. The van der Waals surface area contributed by atoms with Crippen LogP contribution in [0.25, 0.3) is 0 Å². The van der Waals surface area contributed by atoms with Crippen molar-refractivity contribution in [3.8, 4) is 0 Å². The predicted octanol–water partition coefficient (Wildman–Crippen LogP) is 3.04. The molecule has 3 N–H and O–H groups in total. The number of hydrogen-bond donors (Lipinski definition) is 2. The minimum atomic E-state index is -0.644. The molecule has 0 saturated carbocycles. The molecule has 1 aromatic carbocycles. The molecule has 0 aliphatic heterocycles. The van der Waals surface area contributed by atoms with Gasteiger partial charge >= 0.3 is 0 Å². The van der Waals surface area contributed by atoms with Crippen molar-refractivity contribution < 1.29 is 4.79 Å². The van der Waals surface area contributed by atoms with Crippen molar-refractivity contribution in [2.75, 3.05) is 5.32 Å². The van der Waals surface area contributed by atoms with Crippen molar-refractivity contribution >= 4 is 34.5 Å². The summed E-state index contributed by atoms with van der Waals surface area (Å²) in [5, 5.41) is 5.20. The van der Waals surface area contributed by atoms with E-state index in [0.29, 0.717) is 10.7 Å². The van der Waals surface area contributed by atoms with Gasteiger partial charge in [-0.05, 0) is 29.6 Å². The second-order valence-electron chi connectivity index (χ2n) is 3.49. The van der Waals surface area contributed by atoms with Crippen LogP contribution in [0, 0.1) is 0 Å². The molecule has 2 rings (SSSR count). The molecule has 2 aromatic rings. The summed E-state index contributed by atoms with van der Waals surface area (Å²) in [6, 6.07) is 10.0. The monoisotopic (exact) mass is 266 g/mol. The number of nitrogens with one attached hydrogen (secondary N) is 1. The first-order chi connectivity index (χ1) is 8.16. The van der Waals surface area contributed by atoms with Gasteiger partial charge in [-0.25, -0.2) is 0 Å². The Kier molecular flexibility index (Phi) is 3.78. The summed E-state index contributed by atoms with van der Waals surface area (Å²) in [6.07, 6.45) is 0. The van der Waals surface area contributed by atoms with Crippen LogP contribution in [-0.4, -0.2) is 5.91 Å². The van der Waals surface area contributed by atoms with Gasteiger partial charge in [-0.2, -0.15) is 0 Å². The van der Waals surface area contributed by atoms with Crippen molar-refractivity contribution in [1.29, 1.82) is 0 Å². The Labute approximate surface area is 108 Å². The van der Waals surface area contributed by atoms with Crippen LogP contribution in [0.15, 0.2) is 41.8 Å². The summed E-state index contributed by atoms with van der Waals surface area (Å²) < 4.78 is 0. The second kappa shape index (κ2) is 5.31. The molecule has 1 amide bonds. The maximum atomic E-state index is 11.8. The molecule has 0 bridgehead atoms. The molecule has 17 heavy (non-hydrogen) atoms. The number of halogens is 1. The molecule has 0 spiro atoms. The van der Waals surface area contributed by atoms with Crippen molar-refractivity contribution in [2.24, 2.45) is 5.73 Å². The molecule has 5 heteroatoms. The van der Waals surface area contributed by atoms with E-state index < -0.39 is 6.04 Å². The zero-order chi connectivity index (χ0) is 12.3. The van der Waals surface area contributed by atoms with Crippen molar-refractivity contribution in [2.45, 2.75) is 6.04 Å². The van der Waals surface area contributed by atoms with E-state index in [4.69, 9.17) is 17.3 Å². The Bertz CT molecular complexity index is 513. The average Bonchev–Trinajstić information content (AvgIpc) is 2.81. The number of hydrogen-bond acceptors (Lipinski definition) is 3. The van der Waals surface area contributed by atoms with E-state index in [0.717, 1.165) is 4.88 Å². The molecule has 0 fully saturated rings. The largest absolute Gasteiger partial charge is 0.324 e. The predicted molar refractivity (Wildman–Crippen MR) is 71.3 cm³/mol.